The number of nitrogens with zero attached hydrogens (tertiary/aromatic N) is 2. The number of rotatable bonds is 7. The summed E-state index contributed by atoms with van der Waals surface area (Å²) >= 11 is 0. The summed E-state index contributed by atoms with van der Waals surface area (Å²) in [6, 6.07) is 4.80. The van der Waals surface area contributed by atoms with E-state index in [2.05, 4.69) is 24.1 Å². The Kier molecular flexibility index (Phi) is 6.18. The predicted octanol–water partition coefficient (Wildman–Crippen LogP) is 3.08. The van der Waals surface area contributed by atoms with Gasteiger partial charge in [-0.1, -0.05) is 19.8 Å². The zero-order chi connectivity index (χ0) is 20.3. The van der Waals surface area contributed by atoms with E-state index in [0.29, 0.717) is 29.8 Å². The van der Waals surface area contributed by atoms with Crippen LogP contribution in [0, 0.1) is 0 Å². The van der Waals surface area contributed by atoms with E-state index in [4.69, 9.17) is 0 Å². The van der Waals surface area contributed by atoms with Gasteiger partial charge in [0.2, 0.25) is 0 Å². The molecule has 0 atom stereocenters. The Morgan fingerprint density at radius 1 is 1.07 bits per heavy atom. The van der Waals surface area contributed by atoms with E-state index in [1.165, 1.54) is 24.2 Å². The minimum atomic E-state index is -0.295. The highest BCUT2D eigenvalue weighted by Crippen LogP contribution is 2.25. The van der Waals surface area contributed by atoms with Gasteiger partial charge in [-0.3, -0.25) is 24.2 Å². The monoisotopic (exact) mass is 385 g/mol. The van der Waals surface area contributed by atoms with E-state index in [9.17, 15) is 14.4 Å². The van der Waals surface area contributed by atoms with Crippen molar-refractivity contribution in [3.05, 3.63) is 34.9 Å². The second kappa shape index (κ2) is 8.43. The fourth-order valence-electron chi connectivity index (χ4n) is 3.96. The molecule has 0 bridgehead atoms. The fourth-order valence-corrected chi connectivity index (χ4v) is 3.96. The molecule has 2 heterocycles. The summed E-state index contributed by atoms with van der Waals surface area (Å²) < 4.78 is 0. The van der Waals surface area contributed by atoms with Crippen LogP contribution in [0.4, 0.5) is 0 Å². The summed E-state index contributed by atoms with van der Waals surface area (Å²) in [6.45, 7) is 9.40. The number of amides is 3. The first-order valence-electron chi connectivity index (χ1n) is 10.4. The van der Waals surface area contributed by atoms with Gasteiger partial charge in [-0.15, -0.1) is 0 Å². The van der Waals surface area contributed by atoms with Crippen LogP contribution in [0.25, 0.3) is 0 Å². The van der Waals surface area contributed by atoms with E-state index >= 15 is 0 Å². The standard InChI is InChI=1S/C22H31N3O3/c1-4-5-13-25-20(27)17-10-9-16(14-18(17)21(25)28)19(26)23-15-22(2,3)24-11-7-6-8-12-24/h9-10,14H,4-8,11-13,15H2,1-3H3,(H,23,26). The van der Waals surface area contributed by atoms with Crippen LogP contribution in [0.1, 0.15) is 83.9 Å². The van der Waals surface area contributed by atoms with Gasteiger partial charge in [0.05, 0.1) is 11.1 Å². The van der Waals surface area contributed by atoms with Crippen molar-refractivity contribution in [2.45, 2.75) is 58.4 Å². The summed E-state index contributed by atoms with van der Waals surface area (Å²) in [5.74, 6) is -0.761. The molecule has 0 aliphatic carbocycles. The third kappa shape index (κ3) is 4.12. The van der Waals surface area contributed by atoms with Gasteiger partial charge < -0.3 is 5.32 Å². The number of carbonyl (C=O) groups excluding carboxylic acids is 3. The quantitative estimate of drug-likeness (QED) is 0.733. The molecule has 1 aromatic rings. The van der Waals surface area contributed by atoms with Crippen LogP contribution in [-0.4, -0.2) is 59.2 Å². The molecule has 1 saturated heterocycles. The van der Waals surface area contributed by atoms with Crippen LogP contribution in [0.15, 0.2) is 18.2 Å². The van der Waals surface area contributed by atoms with Crippen LogP contribution in [-0.2, 0) is 0 Å². The lowest BCUT2D eigenvalue weighted by Gasteiger charge is -2.41. The lowest BCUT2D eigenvalue weighted by Crippen LogP contribution is -2.53. The van der Waals surface area contributed by atoms with Crippen molar-refractivity contribution in [1.82, 2.24) is 15.1 Å². The maximum absolute atomic E-state index is 12.7. The second-order valence-electron chi connectivity index (χ2n) is 8.42. The summed E-state index contributed by atoms with van der Waals surface area (Å²) in [5.41, 5.74) is 1.04. The Bertz CT molecular complexity index is 766. The van der Waals surface area contributed by atoms with Gasteiger partial charge >= 0.3 is 0 Å². The normalized spacial score (nSPS) is 17.8. The molecular formula is C22H31N3O3. The number of hydrogen-bond acceptors (Lipinski definition) is 4. The SMILES string of the molecule is CCCCN1C(=O)c2ccc(C(=O)NCC(C)(C)N3CCCCC3)cc2C1=O. The molecular weight excluding hydrogens is 354 g/mol. The van der Waals surface area contributed by atoms with Crippen LogP contribution in [0.5, 0.6) is 0 Å². The van der Waals surface area contributed by atoms with Crippen LogP contribution >= 0.6 is 0 Å². The number of unbranched alkanes of at least 4 members (excludes halogenated alkanes) is 1. The van der Waals surface area contributed by atoms with Crippen molar-refractivity contribution in [3.8, 4) is 0 Å². The Morgan fingerprint density at radius 3 is 2.43 bits per heavy atom. The van der Waals surface area contributed by atoms with Crippen molar-refractivity contribution in [2.75, 3.05) is 26.2 Å². The number of benzene rings is 1. The van der Waals surface area contributed by atoms with E-state index in [0.717, 1.165) is 25.9 Å². The number of fused-ring (bicyclic) bond motifs is 1. The molecule has 6 heteroatoms. The molecule has 0 saturated carbocycles. The van der Waals surface area contributed by atoms with Crippen LogP contribution in [0.3, 0.4) is 0 Å². The Morgan fingerprint density at radius 2 is 1.75 bits per heavy atom. The third-order valence-electron chi connectivity index (χ3n) is 5.86. The highest BCUT2D eigenvalue weighted by molar-refractivity contribution is 6.22. The van der Waals surface area contributed by atoms with Gasteiger partial charge in [0.1, 0.15) is 0 Å². The first-order valence-corrected chi connectivity index (χ1v) is 10.4. The summed E-state index contributed by atoms with van der Waals surface area (Å²) in [6.07, 6.45) is 5.37. The highest BCUT2D eigenvalue weighted by atomic mass is 16.2. The van der Waals surface area contributed by atoms with E-state index in [1.54, 1.807) is 18.2 Å². The van der Waals surface area contributed by atoms with Gasteiger partial charge in [-0.25, -0.2) is 0 Å². The molecule has 0 aromatic heterocycles. The summed E-state index contributed by atoms with van der Waals surface area (Å²) in [5, 5.41) is 3.01. The summed E-state index contributed by atoms with van der Waals surface area (Å²) in [7, 11) is 0. The highest BCUT2D eigenvalue weighted by Gasteiger charge is 2.35. The molecule has 1 aromatic carbocycles. The van der Waals surface area contributed by atoms with Crippen molar-refractivity contribution in [3.63, 3.8) is 0 Å². The molecule has 0 radical (unpaired) electrons. The van der Waals surface area contributed by atoms with E-state index < -0.39 is 0 Å². The molecule has 3 rings (SSSR count). The first-order chi connectivity index (χ1) is 13.3. The van der Waals surface area contributed by atoms with Crippen molar-refractivity contribution >= 4 is 17.7 Å². The second-order valence-corrected chi connectivity index (χ2v) is 8.42. The maximum Gasteiger partial charge on any atom is 0.261 e. The Labute approximate surface area is 167 Å². The third-order valence-corrected chi connectivity index (χ3v) is 5.86. The average Bonchev–Trinajstić information content (AvgIpc) is 2.95. The largest absolute Gasteiger partial charge is 0.350 e. The molecule has 0 unspecified atom stereocenters. The van der Waals surface area contributed by atoms with Gasteiger partial charge in [-0.05, 0) is 64.4 Å². The first kappa shape index (κ1) is 20.5. The smallest absolute Gasteiger partial charge is 0.261 e. The zero-order valence-corrected chi connectivity index (χ0v) is 17.2. The fraction of sp³-hybridized carbons (Fsp3) is 0.591. The number of imide groups is 1. The molecule has 28 heavy (non-hydrogen) atoms. The number of hydrogen-bond donors (Lipinski definition) is 1. The maximum atomic E-state index is 12.7. The minimum Gasteiger partial charge on any atom is -0.350 e. The Hall–Kier alpha value is -2.21. The van der Waals surface area contributed by atoms with E-state index in [1.807, 2.05) is 6.92 Å². The van der Waals surface area contributed by atoms with Crippen LogP contribution in [0.2, 0.25) is 0 Å². The molecule has 1 fully saturated rings. The summed E-state index contributed by atoms with van der Waals surface area (Å²) in [4.78, 5) is 41.4. The molecule has 2 aliphatic rings. The van der Waals surface area contributed by atoms with Crippen molar-refractivity contribution in [1.29, 1.82) is 0 Å². The molecule has 2 aliphatic heterocycles. The zero-order valence-electron chi connectivity index (χ0n) is 17.2. The number of carbonyl (C=O) groups is 3. The molecule has 3 amide bonds. The van der Waals surface area contributed by atoms with Gasteiger partial charge in [0.15, 0.2) is 0 Å². The molecule has 1 N–H and O–H groups in total. The van der Waals surface area contributed by atoms with Gasteiger partial charge in [0.25, 0.3) is 17.7 Å². The number of piperidine rings is 1. The van der Waals surface area contributed by atoms with Gasteiger partial charge in [0, 0.05) is 24.2 Å². The molecule has 152 valence electrons. The van der Waals surface area contributed by atoms with Crippen molar-refractivity contribution < 1.29 is 14.4 Å². The van der Waals surface area contributed by atoms with Gasteiger partial charge in [-0.2, -0.15) is 0 Å². The lowest BCUT2D eigenvalue weighted by atomic mass is 9.98. The van der Waals surface area contributed by atoms with Crippen molar-refractivity contribution in [2.24, 2.45) is 0 Å². The van der Waals surface area contributed by atoms with Crippen LogP contribution < -0.4 is 5.32 Å². The topological polar surface area (TPSA) is 69.7 Å². The molecule has 0 spiro atoms. The number of likely N-dealkylation sites (tertiary alicyclic amines) is 1. The Balaban J connectivity index is 1.67. The van der Waals surface area contributed by atoms with E-state index in [-0.39, 0.29) is 23.3 Å². The molecule has 6 nitrogen and oxygen atoms in total. The average molecular weight is 386 g/mol. The predicted molar refractivity (Wildman–Crippen MR) is 109 cm³/mol. The lowest BCUT2D eigenvalue weighted by molar-refractivity contribution is 0.0652. The number of nitrogens with one attached hydrogen (secondary N) is 1. The minimum absolute atomic E-state index is 0.116.